The van der Waals surface area contributed by atoms with E-state index < -0.39 is 0 Å². The number of halogens is 1. The quantitative estimate of drug-likeness (QED) is 0.381. The van der Waals surface area contributed by atoms with Gasteiger partial charge in [-0.15, -0.1) is 0 Å². The third kappa shape index (κ3) is 4.02. The molecule has 1 fully saturated rings. The summed E-state index contributed by atoms with van der Waals surface area (Å²) >= 11 is 5.78. The van der Waals surface area contributed by atoms with Crippen LogP contribution in [0, 0.1) is 19.7 Å². The van der Waals surface area contributed by atoms with Crippen molar-refractivity contribution in [1.29, 1.82) is 0 Å². The van der Waals surface area contributed by atoms with Crippen molar-refractivity contribution in [2.75, 3.05) is 4.90 Å². The number of aromatic nitrogens is 2. The second kappa shape index (κ2) is 8.79. The molecule has 166 valence electrons. The van der Waals surface area contributed by atoms with Crippen LogP contribution in [0.2, 0.25) is 0 Å². The van der Waals surface area contributed by atoms with E-state index in [0.29, 0.717) is 5.11 Å². The van der Waals surface area contributed by atoms with Gasteiger partial charge in [-0.2, -0.15) is 0 Å². The van der Waals surface area contributed by atoms with Crippen molar-refractivity contribution in [3.8, 4) is 0 Å². The number of rotatable bonds is 5. The Balaban J connectivity index is 1.62. The van der Waals surface area contributed by atoms with Gasteiger partial charge in [0.2, 0.25) is 0 Å². The topological polar surface area (TPSA) is 33.1 Å². The number of benzene rings is 2. The molecule has 2 aromatic heterocycles. The van der Waals surface area contributed by atoms with Gasteiger partial charge in [-0.1, -0.05) is 36.4 Å². The third-order valence-corrected chi connectivity index (χ3v) is 6.63. The number of aryl methyl sites for hydroxylation is 1. The molecule has 5 rings (SSSR count). The number of hydrogen-bond donors (Lipinski definition) is 1. The van der Waals surface area contributed by atoms with Crippen molar-refractivity contribution in [3.63, 3.8) is 0 Å². The molecule has 1 aliphatic heterocycles. The average Bonchev–Trinajstić information content (AvgIpc) is 3.32. The molecule has 2 atom stereocenters. The second-order valence-electron chi connectivity index (χ2n) is 8.37. The van der Waals surface area contributed by atoms with E-state index in [4.69, 9.17) is 12.2 Å². The Morgan fingerprint density at radius 2 is 1.70 bits per heavy atom. The van der Waals surface area contributed by atoms with Crippen molar-refractivity contribution >= 4 is 23.0 Å². The minimum Gasteiger partial charge on any atom is -0.351 e. The second-order valence-corrected chi connectivity index (χ2v) is 8.76. The van der Waals surface area contributed by atoms with Gasteiger partial charge in [-0.25, -0.2) is 4.39 Å². The van der Waals surface area contributed by atoms with Crippen molar-refractivity contribution in [1.82, 2.24) is 14.9 Å². The monoisotopic (exact) mass is 456 g/mol. The SMILES string of the molecule is Cc1cc([C@H]2[C@H](c3ccccn3)NC(=S)N2c2ccc(F)cc2)c(C)n1Cc1ccccc1. The molecule has 0 bridgehead atoms. The highest BCUT2D eigenvalue weighted by Gasteiger charge is 2.42. The van der Waals surface area contributed by atoms with Gasteiger partial charge in [0, 0.05) is 29.8 Å². The number of nitrogens with zero attached hydrogens (tertiary/aromatic N) is 3. The van der Waals surface area contributed by atoms with Crippen LogP contribution in [0.15, 0.2) is 85.1 Å². The third-order valence-electron chi connectivity index (χ3n) is 6.32. The zero-order valence-corrected chi connectivity index (χ0v) is 19.4. The predicted molar refractivity (Wildman–Crippen MR) is 134 cm³/mol. The Morgan fingerprint density at radius 3 is 2.39 bits per heavy atom. The zero-order chi connectivity index (χ0) is 22.9. The number of thiocarbonyl (C=S) groups is 1. The Kier molecular flexibility index (Phi) is 5.68. The van der Waals surface area contributed by atoms with Crippen LogP contribution in [0.4, 0.5) is 10.1 Å². The molecular weight excluding hydrogens is 431 g/mol. The molecule has 0 amide bonds. The van der Waals surface area contributed by atoms with Crippen LogP contribution in [0.1, 0.15) is 40.3 Å². The molecule has 33 heavy (non-hydrogen) atoms. The van der Waals surface area contributed by atoms with Gasteiger partial charge >= 0.3 is 0 Å². The molecule has 4 nitrogen and oxygen atoms in total. The highest BCUT2D eigenvalue weighted by atomic mass is 32.1. The van der Waals surface area contributed by atoms with Gasteiger partial charge in [0.15, 0.2) is 5.11 Å². The van der Waals surface area contributed by atoms with Gasteiger partial charge in [-0.05, 0) is 79.7 Å². The van der Waals surface area contributed by atoms with Crippen molar-refractivity contribution in [3.05, 3.63) is 119 Å². The summed E-state index contributed by atoms with van der Waals surface area (Å²) in [6.45, 7) is 5.09. The standard InChI is InChI=1S/C27H25FN4S/c1-18-16-23(19(2)31(18)17-20-8-4-3-5-9-20)26-25(24-10-6-7-15-29-24)30-27(33)32(26)22-13-11-21(28)12-14-22/h3-16,25-26H,17H2,1-2H3,(H,30,33)/t25-,26-/m0/s1. The van der Waals surface area contributed by atoms with E-state index in [2.05, 4.69) is 63.9 Å². The van der Waals surface area contributed by atoms with E-state index in [1.807, 2.05) is 24.3 Å². The van der Waals surface area contributed by atoms with Crippen LogP contribution in [0.5, 0.6) is 0 Å². The maximum Gasteiger partial charge on any atom is 0.174 e. The lowest BCUT2D eigenvalue weighted by Gasteiger charge is -2.28. The fraction of sp³-hybridized carbons (Fsp3) is 0.185. The van der Waals surface area contributed by atoms with Crippen LogP contribution in [-0.4, -0.2) is 14.7 Å². The molecule has 0 unspecified atom stereocenters. The summed E-state index contributed by atoms with van der Waals surface area (Å²) in [7, 11) is 0. The van der Waals surface area contributed by atoms with Crippen LogP contribution in [0.25, 0.3) is 0 Å². The minimum atomic E-state index is -0.268. The summed E-state index contributed by atoms with van der Waals surface area (Å²) < 4.78 is 16.0. The molecule has 0 aliphatic carbocycles. The fourth-order valence-corrected chi connectivity index (χ4v) is 5.03. The van der Waals surface area contributed by atoms with Crippen LogP contribution < -0.4 is 10.2 Å². The number of nitrogens with one attached hydrogen (secondary N) is 1. The van der Waals surface area contributed by atoms with Crippen LogP contribution in [-0.2, 0) is 6.54 Å². The first-order valence-electron chi connectivity index (χ1n) is 11.0. The summed E-state index contributed by atoms with van der Waals surface area (Å²) in [6, 6.07) is 24.9. The van der Waals surface area contributed by atoms with E-state index in [0.717, 1.165) is 17.9 Å². The predicted octanol–water partition coefficient (Wildman–Crippen LogP) is 5.86. The summed E-state index contributed by atoms with van der Waals surface area (Å²) in [4.78, 5) is 6.71. The molecule has 0 spiro atoms. The first kappa shape index (κ1) is 21.3. The zero-order valence-electron chi connectivity index (χ0n) is 18.6. The minimum absolute atomic E-state index is 0.117. The summed E-state index contributed by atoms with van der Waals surface area (Å²) in [6.07, 6.45) is 1.80. The van der Waals surface area contributed by atoms with Crippen LogP contribution >= 0.6 is 12.2 Å². The lowest BCUT2D eigenvalue weighted by atomic mass is 9.96. The Morgan fingerprint density at radius 1 is 0.970 bits per heavy atom. The van der Waals surface area contributed by atoms with Crippen molar-refractivity contribution in [2.45, 2.75) is 32.5 Å². The average molecular weight is 457 g/mol. The molecule has 4 aromatic rings. The van der Waals surface area contributed by atoms with Gasteiger partial charge < -0.3 is 14.8 Å². The van der Waals surface area contributed by atoms with E-state index in [-0.39, 0.29) is 17.9 Å². The van der Waals surface area contributed by atoms with E-state index in [9.17, 15) is 4.39 Å². The molecule has 0 saturated carbocycles. The van der Waals surface area contributed by atoms with Gasteiger partial charge in [0.25, 0.3) is 0 Å². The highest BCUT2D eigenvalue weighted by Crippen LogP contribution is 2.43. The molecule has 2 aromatic carbocycles. The van der Waals surface area contributed by atoms with Crippen molar-refractivity contribution in [2.24, 2.45) is 0 Å². The summed E-state index contributed by atoms with van der Waals surface area (Å²) in [5, 5.41) is 4.09. The summed E-state index contributed by atoms with van der Waals surface area (Å²) in [5.41, 5.74) is 6.56. The molecule has 1 saturated heterocycles. The van der Waals surface area contributed by atoms with E-state index >= 15 is 0 Å². The number of anilines is 1. The Bertz CT molecular complexity index is 1270. The van der Waals surface area contributed by atoms with E-state index in [1.165, 1.54) is 34.6 Å². The smallest absolute Gasteiger partial charge is 0.174 e. The number of pyridine rings is 1. The van der Waals surface area contributed by atoms with E-state index in [1.54, 1.807) is 18.3 Å². The van der Waals surface area contributed by atoms with Crippen LogP contribution in [0.3, 0.4) is 0 Å². The van der Waals surface area contributed by atoms with Gasteiger partial charge in [-0.3, -0.25) is 4.98 Å². The normalized spacial score (nSPS) is 17.9. The lowest BCUT2D eigenvalue weighted by Crippen LogP contribution is -2.29. The first-order valence-corrected chi connectivity index (χ1v) is 11.4. The Labute approximate surface area is 198 Å². The van der Waals surface area contributed by atoms with Gasteiger partial charge in [0.05, 0.1) is 17.8 Å². The molecule has 1 N–H and O–H groups in total. The summed E-state index contributed by atoms with van der Waals surface area (Å²) in [5.74, 6) is -0.268. The first-order chi connectivity index (χ1) is 16.0. The largest absolute Gasteiger partial charge is 0.351 e. The molecular formula is C27H25FN4S. The lowest BCUT2D eigenvalue weighted by molar-refractivity contribution is 0.563. The maximum atomic E-state index is 13.7. The van der Waals surface area contributed by atoms with Gasteiger partial charge in [0.1, 0.15) is 5.82 Å². The molecule has 6 heteroatoms. The fourth-order valence-electron chi connectivity index (χ4n) is 4.69. The van der Waals surface area contributed by atoms with Crippen molar-refractivity contribution < 1.29 is 4.39 Å². The molecule has 3 heterocycles. The highest BCUT2D eigenvalue weighted by molar-refractivity contribution is 7.80. The maximum absolute atomic E-state index is 13.7. The molecule has 1 aliphatic rings. The Hall–Kier alpha value is -3.51. The number of hydrogen-bond acceptors (Lipinski definition) is 2. The molecule has 0 radical (unpaired) electrons.